The molecule has 1 rings (SSSR count). The van der Waals surface area contributed by atoms with Crippen molar-refractivity contribution in [1.82, 2.24) is 0 Å². The standard InChI is InChI=1S/C10H15FN2O.2ClH/c11-9-7-8(3-4-10(9)13)14-6-2-1-5-12;;/h3-4,7H,1-2,5-6,12-13H2;2*1H. The van der Waals surface area contributed by atoms with Gasteiger partial charge in [0.15, 0.2) is 0 Å². The maximum absolute atomic E-state index is 12.9. The third-order valence-electron chi connectivity index (χ3n) is 1.84. The molecule has 0 atom stereocenters. The van der Waals surface area contributed by atoms with Crippen LogP contribution in [-0.2, 0) is 0 Å². The van der Waals surface area contributed by atoms with Gasteiger partial charge >= 0.3 is 0 Å². The molecule has 0 heterocycles. The number of unbranched alkanes of at least 4 members (excludes halogenated alkanes) is 1. The number of hydrogen-bond donors (Lipinski definition) is 2. The van der Waals surface area contributed by atoms with Gasteiger partial charge in [0, 0.05) is 6.07 Å². The SMILES string of the molecule is Cl.Cl.NCCCCOc1ccc(N)c(F)c1. The van der Waals surface area contributed by atoms with Crippen LogP contribution >= 0.6 is 24.8 Å². The predicted octanol–water partition coefficient (Wildman–Crippen LogP) is 2.37. The van der Waals surface area contributed by atoms with E-state index >= 15 is 0 Å². The molecule has 0 aliphatic rings. The molecule has 1 aromatic rings. The Hall–Kier alpha value is -0.710. The summed E-state index contributed by atoms with van der Waals surface area (Å²) < 4.78 is 18.2. The monoisotopic (exact) mass is 270 g/mol. The summed E-state index contributed by atoms with van der Waals surface area (Å²) in [6.45, 7) is 1.21. The Morgan fingerprint density at radius 1 is 1.19 bits per heavy atom. The highest BCUT2D eigenvalue weighted by atomic mass is 35.5. The number of hydrogen-bond acceptors (Lipinski definition) is 3. The minimum atomic E-state index is -0.443. The van der Waals surface area contributed by atoms with E-state index < -0.39 is 5.82 Å². The van der Waals surface area contributed by atoms with Crippen LogP contribution in [0, 0.1) is 5.82 Å². The molecule has 4 N–H and O–H groups in total. The average Bonchev–Trinajstić information content (AvgIpc) is 2.18. The summed E-state index contributed by atoms with van der Waals surface area (Å²) in [5.41, 5.74) is 10.8. The van der Waals surface area contributed by atoms with Crippen LogP contribution in [0.2, 0.25) is 0 Å². The van der Waals surface area contributed by atoms with Crippen LogP contribution in [0.3, 0.4) is 0 Å². The van der Waals surface area contributed by atoms with Gasteiger partial charge < -0.3 is 16.2 Å². The molecule has 94 valence electrons. The Labute approximate surface area is 107 Å². The summed E-state index contributed by atoms with van der Waals surface area (Å²) in [6, 6.07) is 4.44. The number of nitrogen functional groups attached to an aromatic ring is 1. The second-order valence-electron chi connectivity index (χ2n) is 3.03. The van der Waals surface area contributed by atoms with Gasteiger partial charge in [0.25, 0.3) is 0 Å². The molecule has 0 aliphatic heterocycles. The molecule has 0 radical (unpaired) electrons. The number of halogens is 3. The van der Waals surface area contributed by atoms with Gasteiger partial charge in [-0.25, -0.2) is 4.39 Å². The number of anilines is 1. The van der Waals surface area contributed by atoms with Crippen LogP contribution in [-0.4, -0.2) is 13.2 Å². The number of nitrogens with two attached hydrogens (primary N) is 2. The zero-order valence-electron chi connectivity index (χ0n) is 8.82. The molecule has 0 spiro atoms. The van der Waals surface area contributed by atoms with E-state index in [0.717, 1.165) is 12.8 Å². The Bertz CT molecular complexity index is 300. The van der Waals surface area contributed by atoms with E-state index in [1.54, 1.807) is 6.07 Å². The van der Waals surface area contributed by atoms with Crippen LogP contribution < -0.4 is 16.2 Å². The second-order valence-corrected chi connectivity index (χ2v) is 3.03. The zero-order valence-corrected chi connectivity index (χ0v) is 10.5. The lowest BCUT2D eigenvalue weighted by atomic mass is 10.3. The van der Waals surface area contributed by atoms with E-state index in [4.69, 9.17) is 16.2 Å². The molecule has 1 aromatic carbocycles. The summed E-state index contributed by atoms with van der Waals surface area (Å²) in [7, 11) is 0. The topological polar surface area (TPSA) is 61.3 Å². The molecule has 0 saturated heterocycles. The highest BCUT2D eigenvalue weighted by Crippen LogP contribution is 2.17. The molecule has 0 unspecified atom stereocenters. The van der Waals surface area contributed by atoms with Gasteiger partial charge in [-0.1, -0.05) is 0 Å². The van der Waals surface area contributed by atoms with Gasteiger partial charge in [0.2, 0.25) is 0 Å². The summed E-state index contributed by atoms with van der Waals surface area (Å²) in [5, 5.41) is 0. The minimum Gasteiger partial charge on any atom is -0.493 e. The van der Waals surface area contributed by atoms with Crippen LogP contribution in [0.1, 0.15) is 12.8 Å². The van der Waals surface area contributed by atoms with Crippen molar-refractivity contribution >= 4 is 30.5 Å². The molecule has 0 amide bonds. The Morgan fingerprint density at radius 3 is 2.44 bits per heavy atom. The predicted molar refractivity (Wildman–Crippen MR) is 69.1 cm³/mol. The Kier molecular flexibility index (Phi) is 10.5. The molecular formula is C10H17Cl2FN2O. The molecule has 0 aromatic heterocycles. The quantitative estimate of drug-likeness (QED) is 0.638. The van der Waals surface area contributed by atoms with E-state index in [-0.39, 0.29) is 30.5 Å². The highest BCUT2D eigenvalue weighted by molar-refractivity contribution is 5.85. The van der Waals surface area contributed by atoms with Crippen LogP contribution in [0.15, 0.2) is 18.2 Å². The van der Waals surface area contributed by atoms with Gasteiger partial charge in [0.05, 0.1) is 12.3 Å². The first-order chi connectivity index (χ1) is 6.74. The van der Waals surface area contributed by atoms with Crippen molar-refractivity contribution in [3.63, 3.8) is 0 Å². The van der Waals surface area contributed by atoms with E-state index in [9.17, 15) is 4.39 Å². The average molecular weight is 271 g/mol. The lowest BCUT2D eigenvalue weighted by molar-refractivity contribution is 0.306. The molecule has 3 nitrogen and oxygen atoms in total. The third-order valence-corrected chi connectivity index (χ3v) is 1.84. The molecule has 0 saturated carbocycles. The van der Waals surface area contributed by atoms with Crippen molar-refractivity contribution in [2.75, 3.05) is 18.9 Å². The maximum atomic E-state index is 12.9. The smallest absolute Gasteiger partial charge is 0.149 e. The first-order valence-electron chi connectivity index (χ1n) is 4.62. The van der Waals surface area contributed by atoms with Crippen LogP contribution in [0.5, 0.6) is 5.75 Å². The van der Waals surface area contributed by atoms with E-state index in [0.29, 0.717) is 18.9 Å². The summed E-state index contributed by atoms with van der Waals surface area (Å²) in [4.78, 5) is 0. The number of rotatable bonds is 5. The fourth-order valence-corrected chi connectivity index (χ4v) is 1.03. The zero-order chi connectivity index (χ0) is 10.4. The largest absolute Gasteiger partial charge is 0.493 e. The van der Waals surface area contributed by atoms with Gasteiger partial charge in [-0.3, -0.25) is 0 Å². The van der Waals surface area contributed by atoms with Crippen molar-refractivity contribution in [3.05, 3.63) is 24.0 Å². The van der Waals surface area contributed by atoms with Crippen molar-refractivity contribution < 1.29 is 9.13 Å². The van der Waals surface area contributed by atoms with Crippen LogP contribution in [0.4, 0.5) is 10.1 Å². The normalized spacial score (nSPS) is 8.88. The highest BCUT2D eigenvalue weighted by Gasteiger charge is 2.00. The fraction of sp³-hybridized carbons (Fsp3) is 0.400. The number of benzene rings is 1. The lowest BCUT2D eigenvalue weighted by Gasteiger charge is -2.06. The molecule has 0 bridgehead atoms. The van der Waals surface area contributed by atoms with Crippen LogP contribution in [0.25, 0.3) is 0 Å². The summed E-state index contributed by atoms with van der Waals surface area (Å²) in [5.74, 6) is 0.0649. The van der Waals surface area contributed by atoms with E-state index in [1.165, 1.54) is 12.1 Å². The number of ether oxygens (including phenoxy) is 1. The van der Waals surface area contributed by atoms with Gasteiger partial charge in [0.1, 0.15) is 11.6 Å². The lowest BCUT2D eigenvalue weighted by Crippen LogP contribution is -2.03. The minimum absolute atomic E-state index is 0. The van der Waals surface area contributed by atoms with E-state index in [2.05, 4.69) is 0 Å². The first-order valence-corrected chi connectivity index (χ1v) is 4.62. The first kappa shape index (κ1) is 17.7. The summed E-state index contributed by atoms with van der Waals surface area (Å²) in [6.07, 6.45) is 1.79. The van der Waals surface area contributed by atoms with E-state index in [1.807, 2.05) is 0 Å². The van der Waals surface area contributed by atoms with Gasteiger partial charge in [-0.2, -0.15) is 0 Å². The molecule has 6 heteroatoms. The van der Waals surface area contributed by atoms with Gasteiger partial charge in [-0.15, -0.1) is 24.8 Å². The molecule has 0 aliphatic carbocycles. The van der Waals surface area contributed by atoms with Crippen molar-refractivity contribution in [3.8, 4) is 5.75 Å². The van der Waals surface area contributed by atoms with Crippen molar-refractivity contribution in [2.45, 2.75) is 12.8 Å². The molecule has 16 heavy (non-hydrogen) atoms. The van der Waals surface area contributed by atoms with Crippen molar-refractivity contribution in [2.24, 2.45) is 5.73 Å². The summed E-state index contributed by atoms with van der Waals surface area (Å²) >= 11 is 0. The molecular weight excluding hydrogens is 254 g/mol. The second kappa shape index (κ2) is 9.51. The van der Waals surface area contributed by atoms with Crippen molar-refractivity contribution in [1.29, 1.82) is 0 Å². The van der Waals surface area contributed by atoms with Gasteiger partial charge in [-0.05, 0) is 31.5 Å². The Balaban J connectivity index is 0. The fourth-order valence-electron chi connectivity index (χ4n) is 1.03. The third kappa shape index (κ3) is 6.00. The Morgan fingerprint density at radius 2 is 1.88 bits per heavy atom. The molecule has 0 fully saturated rings. The maximum Gasteiger partial charge on any atom is 0.149 e.